The third kappa shape index (κ3) is 3.78. The van der Waals surface area contributed by atoms with Crippen molar-refractivity contribution in [2.75, 3.05) is 7.05 Å². The van der Waals surface area contributed by atoms with E-state index in [-0.39, 0.29) is 6.04 Å². The van der Waals surface area contributed by atoms with Crippen molar-refractivity contribution in [3.63, 3.8) is 0 Å². The van der Waals surface area contributed by atoms with Gasteiger partial charge in [0.2, 0.25) is 0 Å². The van der Waals surface area contributed by atoms with E-state index in [0.717, 1.165) is 21.6 Å². The summed E-state index contributed by atoms with van der Waals surface area (Å²) in [5.74, 6) is 0. The minimum Gasteiger partial charge on any atom is -0.313 e. The van der Waals surface area contributed by atoms with Crippen LogP contribution in [0.2, 0.25) is 5.02 Å². The maximum Gasteiger partial charge on any atom is 0.0548 e. The van der Waals surface area contributed by atoms with Crippen molar-refractivity contribution in [2.24, 2.45) is 0 Å². The molecule has 2 aromatic rings. The second-order valence-electron chi connectivity index (χ2n) is 4.55. The van der Waals surface area contributed by atoms with Crippen molar-refractivity contribution in [2.45, 2.75) is 19.4 Å². The number of benzene rings is 1. The molecule has 1 aromatic heterocycles. The molecule has 0 saturated carbocycles. The minimum absolute atomic E-state index is 0.226. The van der Waals surface area contributed by atoms with Crippen LogP contribution >= 0.6 is 27.5 Å². The van der Waals surface area contributed by atoms with Gasteiger partial charge in [-0.05, 0) is 59.2 Å². The van der Waals surface area contributed by atoms with Crippen LogP contribution in [0.15, 0.2) is 41.0 Å². The molecule has 1 heterocycles. The lowest BCUT2D eigenvalue weighted by molar-refractivity contribution is 0.584. The first-order valence-corrected chi connectivity index (χ1v) is 7.31. The van der Waals surface area contributed by atoms with Crippen molar-refractivity contribution >= 4 is 27.5 Å². The molecule has 19 heavy (non-hydrogen) atoms. The number of pyridine rings is 1. The summed E-state index contributed by atoms with van der Waals surface area (Å²) in [4.78, 5) is 4.45. The maximum atomic E-state index is 6.03. The van der Waals surface area contributed by atoms with Crippen LogP contribution in [0.5, 0.6) is 0 Å². The van der Waals surface area contributed by atoms with Crippen LogP contribution in [-0.4, -0.2) is 12.0 Å². The van der Waals surface area contributed by atoms with Crippen LogP contribution in [0.3, 0.4) is 0 Å². The van der Waals surface area contributed by atoms with Gasteiger partial charge in [-0.25, -0.2) is 0 Å². The Bertz CT molecular complexity index is 555. The molecule has 1 N–H and O–H groups in total. The van der Waals surface area contributed by atoms with E-state index in [2.05, 4.69) is 44.4 Å². The quantitative estimate of drug-likeness (QED) is 0.898. The van der Waals surface area contributed by atoms with Crippen LogP contribution < -0.4 is 5.32 Å². The highest BCUT2D eigenvalue weighted by Gasteiger charge is 2.12. The van der Waals surface area contributed by atoms with Gasteiger partial charge in [0, 0.05) is 28.8 Å². The second-order valence-corrected chi connectivity index (χ2v) is 5.81. The average molecular weight is 340 g/mol. The number of aryl methyl sites for hydroxylation is 1. The van der Waals surface area contributed by atoms with E-state index in [4.69, 9.17) is 11.6 Å². The Balaban J connectivity index is 2.19. The van der Waals surface area contributed by atoms with Crippen molar-refractivity contribution in [3.05, 3.63) is 62.8 Å². The molecule has 1 unspecified atom stereocenters. The van der Waals surface area contributed by atoms with E-state index in [1.807, 2.05) is 32.3 Å². The van der Waals surface area contributed by atoms with Crippen LogP contribution in [0.25, 0.3) is 0 Å². The van der Waals surface area contributed by atoms with Gasteiger partial charge in [0.05, 0.1) is 5.02 Å². The molecule has 0 saturated heterocycles. The Kier molecular flexibility index (Phi) is 4.97. The molecule has 0 fully saturated rings. The smallest absolute Gasteiger partial charge is 0.0548 e. The zero-order valence-corrected chi connectivity index (χ0v) is 13.3. The predicted molar refractivity (Wildman–Crippen MR) is 83.6 cm³/mol. The fraction of sp³-hybridized carbons (Fsp3) is 0.267. The topological polar surface area (TPSA) is 24.9 Å². The Morgan fingerprint density at radius 2 is 2.11 bits per heavy atom. The molecule has 0 amide bonds. The number of hydrogen-bond acceptors (Lipinski definition) is 2. The third-order valence-corrected chi connectivity index (χ3v) is 4.29. The zero-order valence-electron chi connectivity index (χ0n) is 11.0. The highest BCUT2D eigenvalue weighted by atomic mass is 79.9. The third-order valence-electron chi connectivity index (χ3n) is 3.08. The summed E-state index contributed by atoms with van der Waals surface area (Å²) < 4.78 is 0.920. The molecular weight excluding hydrogens is 324 g/mol. The summed E-state index contributed by atoms with van der Waals surface area (Å²) >= 11 is 9.49. The first-order chi connectivity index (χ1) is 9.10. The summed E-state index contributed by atoms with van der Waals surface area (Å²) in [5.41, 5.74) is 3.45. The number of hydrogen-bond donors (Lipinski definition) is 1. The largest absolute Gasteiger partial charge is 0.313 e. The number of nitrogens with one attached hydrogen (secondary N) is 1. The molecule has 0 aliphatic heterocycles. The van der Waals surface area contributed by atoms with Gasteiger partial charge >= 0.3 is 0 Å². The molecule has 0 bridgehead atoms. The van der Waals surface area contributed by atoms with Gasteiger partial charge in [-0.3, -0.25) is 4.98 Å². The van der Waals surface area contributed by atoms with E-state index in [1.165, 1.54) is 11.1 Å². The van der Waals surface area contributed by atoms with E-state index < -0.39 is 0 Å². The highest BCUT2D eigenvalue weighted by Crippen LogP contribution is 2.27. The maximum absolute atomic E-state index is 6.03. The first kappa shape index (κ1) is 14.5. The summed E-state index contributed by atoms with van der Waals surface area (Å²) in [7, 11) is 1.96. The fourth-order valence-corrected chi connectivity index (χ4v) is 2.46. The van der Waals surface area contributed by atoms with Gasteiger partial charge in [0.15, 0.2) is 0 Å². The number of likely N-dealkylation sites (N-methyl/N-ethyl adjacent to an activating group) is 1. The minimum atomic E-state index is 0.226. The van der Waals surface area contributed by atoms with E-state index >= 15 is 0 Å². The second kappa shape index (κ2) is 6.51. The molecule has 0 aliphatic rings. The first-order valence-electron chi connectivity index (χ1n) is 6.14. The Hall–Kier alpha value is -0.900. The molecular formula is C15H16BrClN2. The SMILES string of the molecule is CNC(Cc1ccc(C)cn1)c1ccc(Cl)c(Br)c1. The lowest BCUT2D eigenvalue weighted by Crippen LogP contribution is -2.19. The molecule has 2 nitrogen and oxygen atoms in total. The number of halogens is 2. The predicted octanol–water partition coefficient (Wildman–Crippen LogP) is 4.31. The van der Waals surface area contributed by atoms with Gasteiger partial charge in [0.1, 0.15) is 0 Å². The molecule has 2 rings (SSSR count). The molecule has 0 radical (unpaired) electrons. The zero-order chi connectivity index (χ0) is 13.8. The molecule has 4 heteroatoms. The standard InChI is InChI=1S/C15H16BrClN2/c1-10-3-5-12(19-9-10)8-15(18-2)11-4-6-14(17)13(16)7-11/h3-7,9,15,18H,8H2,1-2H3. The highest BCUT2D eigenvalue weighted by molar-refractivity contribution is 9.10. The van der Waals surface area contributed by atoms with Crippen LogP contribution in [0.4, 0.5) is 0 Å². The van der Waals surface area contributed by atoms with E-state index in [9.17, 15) is 0 Å². The van der Waals surface area contributed by atoms with Crippen LogP contribution in [0.1, 0.15) is 22.9 Å². The van der Waals surface area contributed by atoms with Gasteiger partial charge in [0.25, 0.3) is 0 Å². The van der Waals surface area contributed by atoms with Crippen molar-refractivity contribution < 1.29 is 0 Å². The molecule has 0 aliphatic carbocycles. The van der Waals surface area contributed by atoms with Gasteiger partial charge in [-0.2, -0.15) is 0 Å². The number of nitrogens with zero attached hydrogens (tertiary/aromatic N) is 1. The monoisotopic (exact) mass is 338 g/mol. The number of rotatable bonds is 4. The summed E-state index contributed by atoms with van der Waals surface area (Å²) in [6.45, 7) is 2.04. The Morgan fingerprint density at radius 1 is 1.32 bits per heavy atom. The summed E-state index contributed by atoms with van der Waals surface area (Å²) in [6, 6.07) is 10.4. The van der Waals surface area contributed by atoms with Crippen molar-refractivity contribution in [3.8, 4) is 0 Å². The summed E-state index contributed by atoms with van der Waals surface area (Å²) in [6.07, 6.45) is 2.75. The van der Waals surface area contributed by atoms with E-state index in [0.29, 0.717) is 0 Å². The van der Waals surface area contributed by atoms with E-state index in [1.54, 1.807) is 0 Å². The Morgan fingerprint density at radius 3 is 2.68 bits per heavy atom. The van der Waals surface area contributed by atoms with Crippen molar-refractivity contribution in [1.82, 2.24) is 10.3 Å². The lowest BCUT2D eigenvalue weighted by atomic mass is 10.0. The fourth-order valence-electron chi connectivity index (χ4n) is 1.94. The molecule has 0 spiro atoms. The molecule has 100 valence electrons. The summed E-state index contributed by atoms with van der Waals surface area (Å²) in [5, 5.41) is 4.05. The Labute approximate surface area is 127 Å². The number of aromatic nitrogens is 1. The molecule has 1 aromatic carbocycles. The van der Waals surface area contributed by atoms with Gasteiger partial charge in [-0.15, -0.1) is 0 Å². The normalized spacial score (nSPS) is 12.4. The van der Waals surface area contributed by atoms with Gasteiger partial charge < -0.3 is 5.32 Å². The van der Waals surface area contributed by atoms with Gasteiger partial charge in [-0.1, -0.05) is 23.7 Å². The van der Waals surface area contributed by atoms with Crippen molar-refractivity contribution in [1.29, 1.82) is 0 Å². The lowest BCUT2D eigenvalue weighted by Gasteiger charge is -2.17. The van der Waals surface area contributed by atoms with Crippen LogP contribution in [-0.2, 0) is 6.42 Å². The van der Waals surface area contributed by atoms with Crippen LogP contribution in [0, 0.1) is 6.92 Å². The molecule has 1 atom stereocenters. The average Bonchev–Trinajstić information content (AvgIpc) is 2.41.